The fraction of sp³-hybridized carbons (Fsp3) is 0.500. The van der Waals surface area contributed by atoms with Gasteiger partial charge in [0, 0.05) is 26.1 Å². The highest BCUT2D eigenvalue weighted by molar-refractivity contribution is 7.12. The van der Waals surface area contributed by atoms with Gasteiger partial charge in [-0.25, -0.2) is 14.4 Å². The van der Waals surface area contributed by atoms with Crippen LogP contribution in [0.1, 0.15) is 16.1 Å². The molecule has 132 valence electrons. The van der Waals surface area contributed by atoms with Crippen LogP contribution in [0.4, 0.5) is 9.59 Å². The maximum atomic E-state index is 11.6. The van der Waals surface area contributed by atoms with Crippen LogP contribution < -0.4 is 4.74 Å². The highest BCUT2D eigenvalue weighted by Gasteiger charge is 2.32. The third-order valence-electron chi connectivity index (χ3n) is 3.71. The molecule has 1 saturated heterocycles. The lowest BCUT2D eigenvalue weighted by Gasteiger charge is -2.38. The quantitative estimate of drug-likeness (QED) is 0.769. The molecule has 9 nitrogen and oxygen atoms in total. The molecule has 0 spiro atoms. The summed E-state index contributed by atoms with van der Waals surface area (Å²) in [6, 6.07) is 1.14. The molecule has 0 saturated carbocycles. The molecule has 1 atom stereocenters. The zero-order valence-corrected chi connectivity index (χ0v) is 13.8. The minimum atomic E-state index is -1.09. The highest BCUT2D eigenvalue weighted by atomic mass is 32.1. The topological polar surface area (TPSA) is 117 Å². The SMILES string of the molecule is COC(=O)c1sccc1OCC[C@@H]1CN(C(=O)O)CCN1C(=O)O. The van der Waals surface area contributed by atoms with E-state index in [-0.39, 0.29) is 26.2 Å². The molecule has 2 N–H and O–H groups in total. The number of piperazine rings is 1. The van der Waals surface area contributed by atoms with Gasteiger partial charge in [0.25, 0.3) is 0 Å². The molecule has 2 rings (SSSR count). The van der Waals surface area contributed by atoms with Crippen LogP contribution in [0.15, 0.2) is 11.4 Å². The van der Waals surface area contributed by atoms with Gasteiger partial charge < -0.3 is 29.5 Å². The van der Waals surface area contributed by atoms with E-state index >= 15 is 0 Å². The van der Waals surface area contributed by atoms with Gasteiger partial charge in [-0.05, 0) is 11.4 Å². The Morgan fingerprint density at radius 2 is 2.04 bits per heavy atom. The number of ether oxygens (including phenoxy) is 2. The van der Waals surface area contributed by atoms with E-state index in [4.69, 9.17) is 9.84 Å². The second-order valence-electron chi connectivity index (χ2n) is 5.10. The van der Waals surface area contributed by atoms with Crippen molar-refractivity contribution in [1.29, 1.82) is 0 Å². The average Bonchev–Trinajstić information content (AvgIpc) is 3.02. The summed E-state index contributed by atoms with van der Waals surface area (Å²) in [5, 5.41) is 20.0. The van der Waals surface area contributed by atoms with Crippen molar-refractivity contribution in [2.24, 2.45) is 0 Å². The number of nitrogens with zero attached hydrogens (tertiary/aromatic N) is 2. The minimum Gasteiger partial charge on any atom is -0.492 e. The molecule has 1 aliphatic rings. The van der Waals surface area contributed by atoms with Crippen molar-refractivity contribution in [2.45, 2.75) is 12.5 Å². The first-order valence-electron chi connectivity index (χ1n) is 7.20. The summed E-state index contributed by atoms with van der Waals surface area (Å²) in [4.78, 5) is 36.7. The molecule has 1 aliphatic heterocycles. The van der Waals surface area contributed by atoms with Gasteiger partial charge >= 0.3 is 18.2 Å². The van der Waals surface area contributed by atoms with Gasteiger partial charge in [-0.1, -0.05) is 0 Å². The van der Waals surface area contributed by atoms with E-state index in [1.54, 1.807) is 11.4 Å². The van der Waals surface area contributed by atoms with E-state index < -0.39 is 24.2 Å². The fourth-order valence-electron chi connectivity index (χ4n) is 2.49. The van der Waals surface area contributed by atoms with Gasteiger partial charge in [0.2, 0.25) is 0 Å². The zero-order chi connectivity index (χ0) is 17.7. The van der Waals surface area contributed by atoms with Gasteiger partial charge in [-0.15, -0.1) is 11.3 Å². The van der Waals surface area contributed by atoms with E-state index in [0.29, 0.717) is 17.0 Å². The number of methoxy groups -OCH3 is 1. The number of hydrogen-bond acceptors (Lipinski definition) is 6. The van der Waals surface area contributed by atoms with Gasteiger partial charge in [-0.3, -0.25) is 0 Å². The smallest absolute Gasteiger partial charge is 0.407 e. The van der Waals surface area contributed by atoms with Gasteiger partial charge in [0.15, 0.2) is 4.88 Å². The molecule has 0 unspecified atom stereocenters. The number of esters is 1. The number of carbonyl (C=O) groups excluding carboxylic acids is 1. The van der Waals surface area contributed by atoms with Gasteiger partial charge in [-0.2, -0.15) is 0 Å². The van der Waals surface area contributed by atoms with Gasteiger partial charge in [0.1, 0.15) is 5.75 Å². The standard InChI is InChI=1S/C14H18N2O7S/c1-22-12(17)11-10(3-7-24-11)23-6-2-9-8-15(13(18)19)4-5-16(9)14(20)21/h3,7,9H,2,4-6,8H2,1H3,(H,18,19)(H,20,21)/t9-/m1/s1. The summed E-state index contributed by atoms with van der Waals surface area (Å²) in [7, 11) is 1.28. The Morgan fingerprint density at radius 1 is 1.29 bits per heavy atom. The average molecular weight is 358 g/mol. The van der Waals surface area contributed by atoms with Crippen LogP contribution in [-0.2, 0) is 4.74 Å². The maximum Gasteiger partial charge on any atom is 0.407 e. The molecule has 1 aromatic rings. The number of carboxylic acid groups (broad SMARTS) is 2. The molecular formula is C14H18N2O7S. The first-order chi connectivity index (χ1) is 11.4. The number of thiophene rings is 1. The molecule has 10 heteroatoms. The van der Waals surface area contributed by atoms with E-state index in [9.17, 15) is 19.5 Å². The van der Waals surface area contributed by atoms with Crippen LogP contribution in [0.5, 0.6) is 5.75 Å². The second kappa shape index (κ2) is 7.86. The Morgan fingerprint density at radius 3 is 2.67 bits per heavy atom. The predicted octanol–water partition coefficient (Wildman–Crippen LogP) is 1.65. The van der Waals surface area contributed by atoms with Crippen LogP contribution in [-0.4, -0.2) is 77.6 Å². The molecular weight excluding hydrogens is 340 g/mol. The normalized spacial score (nSPS) is 17.5. The van der Waals surface area contributed by atoms with Crippen molar-refractivity contribution in [3.8, 4) is 5.75 Å². The lowest BCUT2D eigenvalue weighted by Crippen LogP contribution is -2.56. The molecule has 1 aromatic heterocycles. The van der Waals surface area contributed by atoms with Crippen LogP contribution in [0.2, 0.25) is 0 Å². The van der Waals surface area contributed by atoms with E-state index in [2.05, 4.69) is 4.74 Å². The summed E-state index contributed by atoms with van der Waals surface area (Å²) < 4.78 is 10.2. The van der Waals surface area contributed by atoms with Crippen molar-refractivity contribution in [1.82, 2.24) is 9.80 Å². The number of amides is 2. The predicted molar refractivity (Wildman–Crippen MR) is 83.9 cm³/mol. The number of rotatable bonds is 5. The summed E-state index contributed by atoms with van der Waals surface area (Å²) in [6.45, 7) is 0.523. The van der Waals surface area contributed by atoms with E-state index in [0.717, 1.165) is 0 Å². The lowest BCUT2D eigenvalue weighted by molar-refractivity contribution is 0.0556. The van der Waals surface area contributed by atoms with Crippen LogP contribution in [0.25, 0.3) is 0 Å². The van der Waals surface area contributed by atoms with Crippen LogP contribution >= 0.6 is 11.3 Å². The van der Waals surface area contributed by atoms with Crippen molar-refractivity contribution < 1.29 is 34.1 Å². The monoisotopic (exact) mass is 358 g/mol. The zero-order valence-electron chi connectivity index (χ0n) is 13.0. The second-order valence-corrected chi connectivity index (χ2v) is 6.02. The molecule has 1 fully saturated rings. The lowest BCUT2D eigenvalue weighted by atomic mass is 10.1. The summed E-state index contributed by atoms with van der Waals surface area (Å²) in [5.41, 5.74) is 0. The van der Waals surface area contributed by atoms with Crippen molar-refractivity contribution in [2.75, 3.05) is 33.4 Å². The summed E-state index contributed by atoms with van der Waals surface area (Å²) in [6.07, 6.45) is -1.85. The molecule has 2 heterocycles. The summed E-state index contributed by atoms with van der Waals surface area (Å²) in [5.74, 6) is -0.124. The number of hydrogen-bond donors (Lipinski definition) is 2. The van der Waals surface area contributed by atoms with Crippen molar-refractivity contribution in [3.63, 3.8) is 0 Å². The van der Waals surface area contributed by atoms with E-state index in [1.807, 2.05) is 0 Å². The third-order valence-corrected chi connectivity index (χ3v) is 4.58. The molecule has 2 amide bonds. The Kier molecular flexibility index (Phi) is 5.85. The first kappa shape index (κ1) is 17.9. The maximum absolute atomic E-state index is 11.6. The first-order valence-corrected chi connectivity index (χ1v) is 8.08. The van der Waals surface area contributed by atoms with Gasteiger partial charge in [0.05, 0.1) is 19.8 Å². The molecule has 0 radical (unpaired) electrons. The Labute approximate surface area is 142 Å². The highest BCUT2D eigenvalue weighted by Crippen LogP contribution is 2.26. The third kappa shape index (κ3) is 4.07. The Balaban J connectivity index is 1.95. The largest absolute Gasteiger partial charge is 0.492 e. The molecule has 0 aromatic carbocycles. The molecule has 0 aliphatic carbocycles. The summed E-state index contributed by atoms with van der Waals surface area (Å²) >= 11 is 1.19. The number of carbonyl (C=O) groups is 3. The Hall–Kier alpha value is -2.49. The van der Waals surface area contributed by atoms with Crippen molar-refractivity contribution in [3.05, 3.63) is 16.3 Å². The minimum absolute atomic E-state index is 0.0957. The fourth-order valence-corrected chi connectivity index (χ4v) is 3.24. The van der Waals surface area contributed by atoms with Crippen LogP contribution in [0, 0.1) is 0 Å². The van der Waals surface area contributed by atoms with Crippen LogP contribution in [0.3, 0.4) is 0 Å². The molecule has 0 bridgehead atoms. The molecule has 24 heavy (non-hydrogen) atoms. The van der Waals surface area contributed by atoms with Crippen molar-refractivity contribution >= 4 is 29.5 Å². The Bertz CT molecular complexity index is 618. The van der Waals surface area contributed by atoms with E-state index in [1.165, 1.54) is 28.2 Å².